The van der Waals surface area contributed by atoms with Gasteiger partial charge < -0.3 is 155 Å². The molecule has 0 aliphatic carbocycles. The summed E-state index contributed by atoms with van der Waals surface area (Å²) in [5.74, 6) is -19.6. The maximum Gasteiger partial charge on any atom is 0.328 e. The van der Waals surface area contributed by atoms with Crippen molar-refractivity contribution in [1.82, 2.24) is 89.1 Å². The summed E-state index contributed by atoms with van der Waals surface area (Å²) in [6.45, 7) is 5.10. The fourth-order valence-electron chi connectivity index (χ4n) is 16.1. The van der Waals surface area contributed by atoms with Crippen molar-refractivity contribution < 1.29 is 117 Å². The highest BCUT2D eigenvalue weighted by atomic mass is 32.2. The Bertz CT molecular complexity index is 4630. The Labute approximate surface area is 828 Å². The van der Waals surface area contributed by atoms with Crippen LogP contribution < -0.4 is 115 Å². The van der Waals surface area contributed by atoms with Crippen molar-refractivity contribution in [2.24, 2.45) is 67.9 Å². The second-order valence-electron chi connectivity index (χ2n) is 36.1. The van der Waals surface area contributed by atoms with E-state index in [1.165, 1.54) is 49.3 Å². The van der Waals surface area contributed by atoms with Gasteiger partial charge in [-0.1, -0.05) is 102 Å². The Morgan fingerprint density at radius 1 is 0.408 bits per heavy atom. The molecule has 51 heteroatoms. The first-order chi connectivity index (χ1) is 67.4. The zero-order valence-electron chi connectivity index (χ0n) is 81.4. The zero-order chi connectivity index (χ0) is 106. The third-order valence-electron chi connectivity index (χ3n) is 23.8. The van der Waals surface area contributed by atoms with Gasteiger partial charge in [-0.25, -0.2) is 4.79 Å². The van der Waals surface area contributed by atoms with Gasteiger partial charge in [0.05, 0.1) is 33.0 Å². The van der Waals surface area contributed by atoms with Crippen LogP contribution in [0.5, 0.6) is 0 Å². The molecule has 3 fully saturated rings. The summed E-state index contributed by atoms with van der Waals surface area (Å²) >= 11 is 1.38. The van der Waals surface area contributed by atoms with E-state index < -0.39 is 273 Å². The number of rotatable bonds is 62. The first-order valence-electron chi connectivity index (χ1n) is 47.6. The number of aliphatic imine (C=N–C) groups is 2. The SMILES string of the molecule is CSCC[C@H](NC(=O)[C@H](CC(C)C)NC(=O)[C@@H](N)CO)C(=O)N[C@@H](CCCCN)C(=O)N[C@@H](CCCN=C(N)N)C(=O)N1CCC[C@H]1C(=O)N1CCC[C@H]1C(=O)NCC(=O)N[C@@H](Cc1ccccc1)C(=O)N[C@@H](CO)C(=O)N1CCC[C@H]1C(=O)N[C@@H](Cc1ccccc1)C(=O)N[C@@H](CCCN=C(N)N)C(=O)N[C@@H](CO)C(=O)N[C@H](C(=O)N[C@@H](CCC(N)=O)C(=O)N[C@H](C(=O)N[C@@H](CO)C(=O)O)C(C)C)C(C)C. The van der Waals surface area contributed by atoms with Gasteiger partial charge in [0.1, 0.15) is 103 Å². The second kappa shape index (κ2) is 61.7. The molecule has 5 rings (SSSR count). The molecule has 142 heavy (non-hydrogen) atoms. The van der Waals surface area contributed by atoms with E-state index in [-0.39, 0.29) is 141 Å². The average molecular weight is 2020 g/mol. The number of unbranched alkanes of at least 4 members (excludes halogenated alkanes) is 1. The van der Waals surface area contributed by atoms with Gasteiger partial charge in [-0.05, 0) is 150 Å². The van der Waals surface area contributed by atoms with Gasteiger partial charge in [-0.3, -0.25) is 96.3 Å². The van der Waals surface area contributed by atoms with Crippen molar-refractivity contribution in [3.8, 4) is 0 Å². The molecule has 2 aromatic carbocycles. The fraction of sp³-hybridized carbons (Fsp3) is 0.637. The summed E-state index contributed by atoms with van der Waals surface area (Å²) in [6.07, 6.45) is 2.26. The van der Waals surface area contributed by atoms with E-state index in [2.05, 4.69) is 84.4 Å². The smallest absolute Gasteiger partial charge is 0.328 e. The Morgan fingerprint density at radius 3 is 1.26 bits per heavy atom. The van der Waals surface area contributed by atoms with Crippen molar-refractivity contribution in [2.75, 3.05) is 84.2 Å². The lowest BCUT2D eigenvalue weighted by Gasteiger charge is -2.33. The number of carboxylic acid groups (broad SMARTS) is 1. The highest BCUT2D eigenvalue weighted by Crippen LogP contribution is 2.28. The fourth-order valence-corrected chi connectivity index (χ4v) is 16.6. The average Bonchev–Trinajstić information content (AvgIpc) is 1.65. The standard InChI is InChI=1S/C91H146N26O24S/c1-49(2)41-60(108-73(124)54(93)45-118)78(129)105-58(33-40-142-7)76(127)103-55(25-14-15-34-92)74(125)107-59(27-17-36-100-91(97)98)86(137)117-39-20-30-68(117)88(139)116-38-18-28-66(116)82(133)101-44-70(123)102-61(42-52-21-10-8-11-22-52)79(130)111-64(47-120)87(138)115-37-19-29-67(115)83(134)109-62(43-53-23-12-9-13-24-53)80(131)104-56(26-16-35-99-90(95)96)75(126)110-63(46-119)81(132)114-71(50(3)4)84(135)106-57(31-32-69(94)122)77(128)113-72(51(5)6)85(136)112-65(48-121)89(140)141/h8-13,21-24,49-51,54-68,71-72,118-121H,14-20,25-48,92-93H2,1-7H3,(H2,94,122)(H,101,133)(H,102,123)(H,103,127)(H,104,131)(H,105,129)(H,106,135)(H,107,125)(H,108,124)(H,109,134)(H,110,126)(H,111,130)(H,112,136)(H,113,128)(H,114,132)(H,140,141)(H4,95,96,99)(H4,97,98,100)/t54-,55-,56-,57-,58-,59-,60-,61-,62-,63-,64-,65-,66-,67-,68-,71-,72-/m0/s1. The summed E-state index contributed by atoms with van der Waals surface area (Å²) in [6, 6.07) is -8.27. The maximum absolute atomic E-state index is 15.0. The van der Waals surface area contributed by atoms with Crippen LogP contribution in [0.25, 0.3) is 0 Å². The third-order valence-corrected chi connectivity index (χ3v) is 24.5. The number of primary amides is 1. The molecule has 18 amide bonds. The van der Waals surface area contributed by atoms with Gasteiger partial charge in [0, 0.05) is 52.0 Å². The molecule has 33 N–H and O–H groups in total. The molecule has 790 valence electrons. The van der Waals surface area contributed by atoms with Crippen LogP contribution >= 0.6 is 11.8 Å². The van der Waals surface area contributed by atoms with Crippen LogP contribution in [0.2, 0.25) is 0 Å². The van der Waals surface area contributed by atoms with E-state index in [9.17, 15) is 112 Å². The van der Waals surface area contributed by atoms with Crippen LogP contribution in [0.1, 0.15) is 162 Å². The molecule has 0 saturated carbocycles. The number of aliphatic carboxylic acids is 1. The summed E-state index contributed by atoms with van der Waals surface area (Å²) in [7, 11) is 0. The van der Waals surface area contributed by atoms with Crippen molar-refractivity contribution in [3.63, 3.8) is 0 Å². The van der Waals surface area contributed by atoms with Gasteiger partial charge in [-0.2, -0.15) is 11.8 Å². The van der Waals surface area contributed by atoms with Gasteiger partial charge >= 0.3 is 5.97 Å². The minimum Gasteiger partial charge on any atom is -0.480 e. The normalized spacial score (nSPS) is 17.4. The van der Waals surface area contributed by atoms with E-state index in [1.807, 2.05) is 13.8 Å². The van der Waals surface area contributed by atoms with Crippen molar-refractivity contribution >= 4 is 136 Å². The highest BCUT2D eigenvalue weighted by molar-refractivity contribution is 7.98. The number of aliphatic hydroxyl groups excluding tert-OH is 4. The molecule has 0 bridgehead atoms. The summed E-state index contributed by atoms with van der Waals surface area (Å²) in [4.78, 5) is 278. The Morgan fingerprint density at radius 2 is 0.796 bits per heavy atom. The van der Waals surface area contributed by atoms with E-state index in [0.29, 0.717) is 42.6 Å². The number of carbonyl (C=O) groups is 19. The Hall–Kier alpha value is -13.0. The van der Waals surface area contributed by atoms with E-state index >= 15 is 4.79 Å². The number of benzene rings is 2. The number of aliphatic hydroxyl groups is 4. The number of nitrogens with one attached hydrogen (secondary N) is 14. The lowest BCUT2D eigenvalue weighted by atomic mass is 10.00. The van der Waals surface area contributed by atoms with Crippen LogP contribution in [-0.4, -0.2) is 351 Å². The molecule has 2 aromatic rings. The minimum absolute atomic E-state index is 0.0147. The third kappa shape index (κ3) is 39.5. The summed E-state index contributed by atoms with van der Waals surface area (Å²) < 4.78 is 0. The van der Waals surface area contributed by atoms with Crippen molar-refractivity contribution in [2.45, 2.75) is 266 Å². The number of guanidine groups is 2. The highest BCUT2D eigenvalue weighted by Gasteiger charge is 2.47. The number of hydrogen-bond donors (Lipinski definition) is 26. The van der Waals surface area contributed by atoms with Crippen LogP contribution in [0.15, 0.2) is 70.6 Å². The molecule has 0 aromatic heterocycles. The molecule has 0 radical (unpaired) electrons. The lowest BCUT2D eigenvalue weighted by Crippen LogP contribution is -2.62. The minimum atomic E-state index is -1.88. The summed E-state index contributed by atoms with van der Waals surface area (Å²) in [5, 5.41) is 85.6. The van der Waals surface area contributed by atoms with E-state index in [1.54, 1.807) is 66.9 Å². The van der Waals surface area contributed by atoms with Gasteiger partial charge in [0.15, 0.2) is 11.9 Å². The number of amides is 18. The van der Waals surface area contributed by atoms with Gasteiger partial charge in [0.25, 0.3) is 0 Å². The molecule has 3 aliphatic rings. The monoisotopic (exact) mass is 2020 g/mol. The predicted octanol–water partition coefficient (Wildman–Crippen LogP) is -9.14. The van der Waals surface area contributed by atoms with Crippen LogP contribution in [0.4, 0.5) is 0 Å². The Balaban J connectivity index is 1.31. The number of nitrogens with zero attached hydrogens (tertiary/aromatic N) is 5. The van der Waals surface area contributed by atoms with Crippen LogP contribution in [-0.2, 0) is 104 Å². The number of thioether (sulfide) groups is 1. The number of nitrogens with two attached hydrogens (primary N) is 7. The number of carbonyl (C=O) groups excluding carboxylic acids is 18. The zero-order valence-corrected chi connectivity index (χ0v) is 82.2. The van der Waals surface area contributed by atoms with Gasteiger partial charge in [0.2, 0.25) is 106 Å². The van der Waals surface area contributed by atoms with E-state index in [0.717, 1.165) is 4.90 Å². The molecule has 3 aliphatic heterocycles. The molecule has 3 saturated heterocycles. The molecule has 0 unspecified atom stereocenters. The van der Waals surface area contributed by atoms with Crippen molar-refractivity contribution in [3.05, 3.63) is 71.8 Å². The topological polar surface area (TPSA) is 810 Å². The molecular weight excluding hydrogens is 1870 g/mol. The molecule has 0 spiro atoms. The summed E-state index contributed by atoms with van der Waals surface area (Å²) in [5.41, 5.74) is 40.5. The van der Waals surface area contributed by atoms with Crippen LogP contribution in [0, 0.1) is 17.8 Å². The predicted molar refractivity (Wildman–Crippen MR) is 520 cm³/mol. The first-order valence-corrected chi connectivity index (χ1v) is 49.0. The lowest BCUT2D eigenvalue weighted by molar-refractivity contribution is -0.148. The number of carboxylic acids is 1. The van der Waals surface area contributed by atoms with Crippen molar-refractivity contribution in [1.29, 1.82) is 0 Å². The van der Waals surface area contributed by atoms with Crippen LogP contribution in [0.3, 0.4) is 0 Å². The van der Waals surface area contributed by atoms with Gasteiger partial charge in [-0.15, -0.1) is 0 Å². The molecule has 17 atom stereocenters. The second-order valence-corrected chi connectivity index (χ2v) is 37.1. The maximum atomic E-state index is 15.0. The quantitative estimate of drug-likeness (QED) is 0.0166. The molecule has 3 heterocycles. The van der Waals surface area contributed by atoms with E-state index in [4.69, 9.17) is 40.1 Å². The Kier molecular flexibility index (Phi) is 51.9. The molecular formula is C91H146N26O24S. The molecule has 50 nitrogen and oxygen atoms in total. The first kappa shape index (κ1) is 120. The number of hydrogen-bond acceptors (Lipinski definition) is 28. The number of likely N-dealkylation sites (tertiary alicyclic amines) is 3. The largest absolute Gasteiger partial charge is 0.480 e.